The van der Waals surface area contributed by atoms with Crippen molar-refractivity contribution in [2.45, 2.75) is 26.1 Å². The molecule has 1 heterocycles. The normalized spacial score (nSPS) is 14.5. The van der Waals surface area contributed by atoms with Gasteiger partial charge in [-0.05, 0) is 48.1 Å². The number of nitrogens with zero attached hydrogens (tertiary/aromatic N) is 4. The van der Waals surface area contributed by atoms with Crippen molar-refractivity contribution in [3.8, 4) is 5.75 Å². The summed E-state index contributed by atoms with van der Waals surface area (Å²) in [7, 11) is 0. The van der Waals surface area contributed by atoms with Crippen LogP contribution in [0.1, 0.15) is 35.3 Å². The SMILES string of the molecule is CCOC(=O)c1cc(OCc2ccccc2)ccc1C1(C)N=NN=N1. The molecule has 3 rings (SSSR count). The molecule has 1 aliphatic heterocycles. The predicted molar refractivity (Wildman–Crippen MR) is 90.2 cm³/mol. The molecule has 0 atom stereocenters. The smallest absolute Gasteiger partial charge is 0.338 e. The van der Waals surface area contributed by atoms with Crippen LogP contribution in [0.2, 0.25) is 0 Å². The van der Waals surface area contributed by atoms with E-state index in [0.29, 0.717) is 23.5 Å². The Morgan fingerprint density at radius 1 is 1.08 bits per heavy atom. The first-order valence-electron chi connectivity index (χ1n) is 7.95. The average Bonchev–Trinajstić information content (AvgIpc) is 3.08. The summed E-state index contributed by atoms with van der Waals surface area (Å²) in [6.07, 6.45) is 0. The van der Waals surface area contributed by atoms with Gasteiger partial charge in [-0.15, -0.1) is 10.2 Å². The van der Waals surface area contributed by atoms with Gasteiger partial charge in [0.2, 0.25) is 5.66 Å². The molecular formula is C18H18N4O3. The van der Waals surface area contributed by atoms with Crippen LogP contribution in [0.3, 0.4) is 0 Å². The molecular weight excluding hydrogens is 320 g/mol. The first kappa shape index (κ1) is 16.8. The highest BCUT2D eigenvalue weighted by atomic mass is 16.5. The zero-order valence-corrected chi connectivity index (χ0v) is 14.0. The van der Waals surface area contributed by atoms with Crippen LogP contribution in [-0.2, 0) is 17.0 Å². The third-order valence-electron chi connectivity index (χ3n) is 3.76. The summed E-state index contributed by atoms with van der Waals surface area (Å²) in [6, 6.07) is 15.0. The summed E-state index contributed by atoms with van der Waals surface area (Å²) in [5.74, 6) is 0.104. The highest BCUT2D eigenvalue weighted by Crippen LogP contribution is 2.35. The van der Waals surface area contributed by atoms with Crippen molar-refractivity contribution in [1.82, 2.24) is 0 Å². The molecule has 0 fully saturated rings. The van der Waals surface area contributed by atoms with Crippen LogP contribution in [0.5, 0.6) is 5.75 Å². The van der Waals surface area contributed by atoms with Gasteiger partial charge in [0.05, 0.1) is 12.2 Å². The van der Waals surface area contributed by atoms with E-state index in [0.717, 1.165) is 5.56 Å². The van der Waals surface area contributed by atoms with Crippen molar-refractivity contribution in [2.75, 3.05) is 6.61 Å². The Morgan fingerprint density at radius 2 is 1.80 bits per heavy atom. The van der Waals surface area contributed by atoms with Crippen molar-refractivity contribution in [3.05, 3.63) is 65.2 Å². The lowest BCUT2D eigenvalue weighted by atomic mass is 9.96. The summed E-state index contributed by atoms with van der Waals surface area (Å²) in [5, 5.41) is 15.1. The minimum atomic E-state index is -1.03. The fraction of sp³-hybridized carbons (Fsp3) is 0.278. The monoisotopic (exact) mass is 338 g/mol. The molecule has 0 unspecified atom stereocenters. The van der Waals surface area contributed by atoms with Crippen LogP contribution in [0.15, 0.2) is 69.2 Å². The molecule has 0 aliphatic carbocycles. The molecule has 7 nitrogen and oxygen atoms in total. The molecule has 0 saturated carbocycles. The van der Waals surface area contributed by atoms with Gasteiger partial charge >= 0.3 is 5.97 Å². The molecule has 128 valence electrons. The lowest BCUT2D eigenvalue weighted by molar-refractivity contribution is 0.0522. The second-order valence-corrected chi connectivity index (χ2v) is 5.60. The summed E-state index contributed by atoms with van der Waals surface area (Å²) in [4.78, 5) is 12.4. The first-order valence-corrected chi connectivity index (χ1v) is 7.95. The van der Waals surface area contributed by atoms with Gasteiger partial charge in [-0.2, -0.15) is 0 Å². The molecule has 7 heteroatoms. The van der Waals surface area contributed by atoms with Gasteiger partial charge in [0.1, 0.15) is 12.4 Å². The Balaban J connectivity index is 1.89. The van der Waals surface area contributed by atoms with Crippen LogP contribution >= 0.6 is 0 Å². The lowest BCUT2D eigenvalue weighted by Gasteiger charge is -2.18. The number of benzene rings is 2. The van der Waals surface area contributed by atoms with E-state index in [4.69, 9.17) is 9.47 Å². The second-order valence-electron chi connectivity index (χ2n) is 5.60. The Hall–Kier alpha value is -3.09. The summed E-state index contributed by atoms with van der Waals surface area (Å²) >= 11 is 0. The molecule has 0 aromatic heterocycles. The van der Waals surface area contributed by atoms with Gasteiger partial charge in [-0.1, -0.05) is 30.3 Å². The largest absolute Gasteiger partial charge is 0.489 e. The summed E-state index contributed by atoms with van der Waals surface area (Å²) < 4.78 is 10.9. The van der Waals surface area contributed by atoms with Gasteiger partial charge < -0.3 is 9.47 Å². The van der Waals surface area contributed by atoms with Crippen molar-refractivity contribution in [2.24, 2.45) is 20.7 Å². The van der Waals surface area contributed by atoms with Gasteiger partial charge in [0.25, 0.3) is 0 Å². The summed E-state index contributed by atoms with van der Waals surface area (Å²) in [6.45, 7) is 4.16. The molecule has 0 spiro atoms. The number of rotatable bonds is 6. The van der Waals surface area contributed by atoms with E-state index in [9.17, 15) is 4.79 Å². The Kier molecular flexibility index (Phi) is 4.83. The van der Waals surface area contributed by atoms with Crippen LogP contribution in [0, 0.1) is 0 Å². The molecule has 0 N–H and O–H groups in total. The molecule has 1 aliphatic rings. The van der Waals surface area contributed by atoms with Crippen molar-refractivity contribution >= 4 is 5.97 Å². The zero-order chi connectivity index (χ0) is 17.7. The molecule has 0 radical (unpaired) electrons. The number of hydrogen-bond donors (Lipinski definition) is 0. The minimum Gasteiger partial charge on any atom is -0.489 e. The number of carbonyl (C=O) groups excluding carboxylic acids is 1. The third kappa shape index (κ3) is 3.71. The lowest BCUT2D eigenvalue weighted by Crippen LogP contribution is -2.19. The maximum atomic E-state index is 12.4. The number of hydrogen-bond acceptors (Lipinski definition) is 7. The molecule has 2 aromatic carbocycles. The second kappa shape index (κ2) is 7.21. The first-order chi connectivity index (χ1) is 12.1. The fourth-order valence-corrected chi connectivity index (χ4v) is 2.49. The number of ether oxygens (including phenoxy) is 2. The van der Waals surface area contributed by atoms with Crippen LogP contribution in [-0.4, -0.2) is 12.6 Å². The van der Waals surface area contributed by atoms with E-state index in [-0.39, 0.29) is 6.61 Å². The van der Waals surface area contributed by atoms with Gasteiger partial charge in [-0.3, -0.25) is 0 Å². The third-order valence-corrected chi connectivity index (χ3v) is 3.76. The van der Waals surface area contributed by atoms with E-state index in [2.05, 4.69) is 20.7 Å². The standard InChI is InChI=1S/C18H18N4O3/c1-3-24-17(23)15-11-14(25-12-13-7-5-4-6-8-13)9-10-16(15)18(2)19-21-22-20-18/h4-11H,3,12H2,1-2H3. The van der Waals surface area contributed by atoms with Crippen molar-refractivity contribution < 1.29 is 14.3 Å². The van der Waals surface area contributed by atoms with Crippen molar-refractivity contribution in [1.29, 1.82) is 0 Å². The number of carbonyl (C=O) groups is 1. The van der Waals surface area contributed by atoms with Crippen molar-refractivity contribution in [3.63, 3.8) is 0 Å². The highest BCUT2D eigenvalue weighted by molar-refractivity contribution is 5.92. The van der Waals surface area contributed by atoms with E-state index in [1.54, 1.807) is 32.0 Å². The fourth-order valence-electron chi connectivity index (χ4n) is 2.49. The van der Waals surface area contributed by atoms with Gasteiger partial charge in [-0.25, -0.2) is 4.79 Å². The van der Waals surface area contributed by atoms with Gasteiger partial charge in [0, 0.05) is 5.56 Å². The molecule has 2 aromatic rings. The van der Waals surface area contributed by atoms with E-state index >= 15 is 0 Å². The van der Waals surface area contributed by atoms with E-state index < -0.39 is 11.6 Å². The van der Waals surface area contributed by atoms with Gasteiger partial charge in [0.15, 0.2) is 0 Å². The topological polar surface area (TPSA) is 85.0 Å². The van der Waals surface area contributed by atoms with E-state index in [1.807, 2.05) is 30.3 Å². The Labute approximate surface area is 145 Å². The summed E-state index contributed by atoms with van der Waals surface area (Å²) in [5.41, 5.74) is 0.924. The van der Waals surface area contributed by atoms with Crippen LogP contribution < -0.4 is 4.74 Å². The predicted octanol–water partition coefficient (Wildman–Crippen LogP) is 4.45. The average molecular weight is 338 g/mol. The Morgan fingerprint density at radius 3 is 2.48 bits per heavy atom. The Bertz CT molecular complexity index is 806. The van der Waals surface area contributed by atoms with Crippen LogP contribution in [0.25, 0.3) is 0 Å². The maximum Gasteiger partial charge on any atom is 0.338 e. The van der Waals surface area contributed by atoms with E-state index in [1.165, 1.54) is 0 Å². The maximum absolute atomic E-state index is 12.4. The quantitative estimate of drug-likeness (QED) is 0.729. The molecule has 25 heavy (non-hydrogen) atoms. The molecule has 0 bridgehead atoms. The molecule has 0 saturated heterocycles. The minimum absolute atomic E-state index is 0.271. The zero-order valence-electron chi connectivity index (χ0n) is 14.0. The van der Waals surface area contributed by atoms with Crippen LogP contribution in [0.4, 0.5) is 0 Å². The molecule has 0 amide bonds. The highest BCUT2D eigenvalue weighted by Gasteiger charge is 2.34. The number of esters is 1.